The number of amides is 1. The lowest BCUT2D eigenvalue weighted by Gasteiger charge is -2.41. The molecule has 0 saturated carbocycles. The minimum Gasteiger partial charge on any atom is -0.490 e. The number of benzene rings is 1. The molecule has 2 aromatic rings. The van der Waals surface area contributed by atoms with E-state index >= 15 is 0 Å². The fourth-order valence-corrected chi connectivity index (χ4v) is 4.41. The van der Waals surface area contributed by atoms with Gasteiger partial charge in [0.05, 0.1) is 24.1 Å². The molecule has 7 nitrogen and oxygen atoms in total. The number of rotatable bonds is 6. The summed E-state index contributed by atoms with van der Waals surface area (Å²) in [7, 11) is 2.21. The third kappa shape index (κ3) is 6.02. The summed E-state index contributed by atoms with van der Waals surface area (Å²) in [4.78, 5) is 26.1. The molecule has 0 radical (unpaired) electrons. The summed E-state index contributed by atoms with van der Waals surface area (Å²) in [6, 6.07) is 8.18. The Balaban J connectivity index is 1.26. The number of aromatic nitrogens is 2. The summed E-state index contributed by atoms with van der Waals surface area (Å²) in [6.07, 6.45) is 8.22. The highest BCUT2D eigenvalue weighted by Crippen LogP contribution is 2.24. The van der Waals surface area contributed by atoms with E-state index < -0.39 is 0 Å². The third-order valence-electron chi connectivity index (χ3n) is 6.34. The minimum atomic E-state index is -0.134. The third-order valence-corrected chi connectivity index (χ3v) is 6.34. The Labute approximate surface area is 184 Å². The van der Waals surface area contributed by atoms with Crippen LogP contribution in [0, 0.1) is 6.92 Å². The molecule has 1 aromatic heterocycles. The first-order chi connectivity index (χ1) is 15.1. The molecule has 31 heavy (non-hydrogen) atoms. The first kappa shape index (κ1) is 21.7. The fraction of sp³-hybridized carbons (Fsp3) is 0.542. The lowest BCUT2D eigenvalue weighted by Crippen LogP contribution is -2.48. The molecule has 3 heterocycles. The maximum absolute atomic E-state index is 12.5. The largest absolute Gasteiger partial charge is 0.490 e. The fourth-order valence-electron chi connectivity index (χ4n) is 4.41. The Morgan fingerprint density at radius 2 is 1.87 bits per heavy atom. The SMILES string of the molecule is Cc1cnc(CNC(=O)c2cccc(OC3CCN(C4CCN(C)CC4)CC3)c2)cn1. The van der Waals surface area contributed by atoms with Crippen LogP contribution in [0.5, 0.6) is 5.75 Å². The number of piperidine rings is 2. The zero-order chi connectivity index (χ0) is 21.6. The highest BCUT2D eigenvalue weighted by molar-refractivity contribution is 5.94. The molecule has 0 bridgehead atoms. The Kier molecular flexibility index (Phi) is 7.14. The molecule has 2 fully saturated rings. The molecule has 2 aliphatic rings. The van der Waals surface area contributed by atoms with Gasteiger partial charge < -0.3 is 19.9 Å². The summed E-state index contributed by atoms with van der Waals surface area (Å²) in [5.74, 6) is 0.630. The summed E-state index contributed by atoms with van der Waals surface area (Å²) in [5.41, 5.74) is 2.20. The van der Waals surface area contributed by atoms with Crippen molar-refractivity contribution in [3.8, 4) is 5.75 Å². The second-order valence-electron chi connectivity index (χ2n) is 8.75. The van der Waals surface area contributed by atoms with Crippen LogP contribution in [-0.4, -0.2) is 71.0 Å². The number of ether oxygens (including phenoxy) is 1. The van der Waals surface area contributed by atoms with Gasteiger partial charge in [0.15, 0.2) is 0 Å². The van der Waals surface area contributed by atoms with Crippen molar-refractivity contribution in [1.29, 1.82) is 0 Å². The first-order valence-corrected chi connectivity index (χ1v) is 11.3. The topological polar surface area (TPSA) is 70.6 Å². The van der Waals surface area contributed by atoms with E-state index in [2.05, 4.69) is 32.1 Å². The number of nitrogens with one attached hydrogen (secondary N) is 1. The number of carbonyl (C=O) groups excluding carboxylic acids is 1. The Hall–Kier alpha value is -2.51. The predicted molar refractivity (Wildman–Crippen MR) is 120 cm³/mol. The van der Waals surface area contributed by atoms with Crippen molar-refractivity contribution in [2.75, 3.05) is 33.2 Å². The lowest BCUT2D eigenvalue weighted by atomic mass is 9.99. The van der Waals surface area contributed by atoms with Crippen molar-refractivity contribution < 1.29 is 9.53 Å². The number of hydrogen-bond donors (Lipinski definition) is 1. The maximum atomic E-state index is 12.5. The second-order valence-corrected chi connectivity index (χ2v) is 8.75. The molecule has 0 atom stereocenters. The Morgan fingerprint density at radius 3 is 2.58 bits per heavy atom. The lowest BCUT2D eigenvalue weighted by molar-refractivity contribution is 0.0525. The number of nitrogens with zero attached hydrogens (tertiary/aromatic N) is 4. The molecule has 0 aliphatic carbocycles. The van der Waals surface area contributed by atoms with E-state index in [4.69, 9.17) is 4.74 Å². The van der Waals surface area contributed by atoms with E-state index in [0.717, 1.165) is 49.1 Å². The highest BCUT2D eigenvalue weighted by atomic mass is 16.5. The van der Waals surface area contributed by atoms with Crippen LogP contribution in [0.2, 0.25) is 0 Å². The van der Waals surface area contributed by atoms with Crippen LogP contribution in [0.3, 0.4) is 0 Å². The average molecular weight is 424 g/mol. The van der Waals surface area contributed by atoms with E-state index in [9.17, 15) is 4.79 Å². The van der Waals surface area contributed by atoms with Gasteiger partial charge in [0.1, 0.15) is 11.9 Å². The highest BCUT2D eigenvalue weighted by Gasteiger charge is 2.28. The Morgan fingerprint density at radius 1 is 1.10 bits per heavy atom. The van der Waals surface area contributed by atoms with Gasteiger partial charge in [0.2, 0.25) is 0 Å². The molecular formula is C24H33N5O2. The van der Waals surface area contributed by atoms with Crippen LogP contribution < -0.4 is 10.1 Å². The smallest absolute Gasteiger partial charge is 0.251 e. The zero-order valence-corrected chi connectivity index (χ0v) is 18.6. The van der Waals surface area contributed by atoms with Gasteiger partial charge in [-0.3, -0.25) is 14.8 Å². The van der Waals surface area contributed by atoms with Crippen molar-refractivity contribution in [2.24, 2.45) is 0 Å². The quantitative estimate of drug-likeness (QED) is 0.770. The van der Waals surface area contributed by atoms with E-state index in [-0.39, 0.29) is 12.0 Å². The number of likely N-dealkylation sites (tertiary alicyclic amines) is 2. The summed E-state index contributed by atoms with van der Waals surface area (Å²) >= 11 is 0. The molecule has 1 aromatic carbocycles. The van der Waals surface area contributed by atoms with Crippen LogP contribution in [0.4, 0.5) is 0 Å². The van der Waals surface area contributed by atoms with E-state index in [1.807, 2.05) is 31.2 Å². The van der Waals surface area contributed by atoms with Crippen LogP contribution in [0.15, 0.2) is 36.7 Å². The molecule has 0 unspecified atom stereocenters. The van der Waals surface area contributed by atoms with Gasteiger partial charge in [-0.05, 0) is 70.9 Å². The number of carbonyl (C=O) groups is 1. The van der Waals surface area contributed by atoms with Crippen molar-refractivity contribution >= 4 is 5.91 Å². The van der Waals surface area contributed by atoms with Crippen molar-refractivity contribution in [2.45, 2.75) is 51.3 Å². The van der Waals surface area contributed by atoms with Crippen LogP contribution >= 0.6 is 0 Å². The average Bonchev–Trinajstić information content (AvgIpc) is 2.80. The molecule has 4 rings (SSSR count). The molecule has 0 spiro atoms. The molecule has 1 N–H and O–H groups in total. The number of aryl methyl sites for hydroxylation is 1. The standard InChI is InChI=1S/C24H33N5O2/c1-18-15-26-20(16-25-18)17-27-24(30)19-4-3-5-23(14-19)31-22-8-12-29(13-9-22)21-6-10-28(2)11-7-21/h3-5,14-16,21-22H,6-13,17H2,1-2H3,(H,27,30). The van der Waals surface area contributed by atoms with Crippen LogP contribution in [-0.2, 0) is 6.54 Å². The first-order valence-electron chi connectivity index (χ1n) is 11.3. The van der Waals surface area contributed by atoms with Gasteiger partial charge in [-0.1, -0.05) is 6.07 Å². The monoisotopic (exact) mass is 423 g/mol. The maximum Gasteiger partial charge on any atom is 0.251 e. The molecule has 2 aliphatic heterocycles. The summed E-state index contributed by atoms with van der Waals surface area (Å²) < 4.78 is 6.24. The van der Waals surface area contributed by atoms with Gasteiger partial charge in [0.25, 0.3) is 5.91 Å². The molecule has 1 amide bonds. The normalized spacial score (nSPS) is 19.3. The van der Waals surface area contributed by atoms with Gasteiger partial charge in [-0.2, -0.15) is 0 Å². The van der Waals surface area contributed by atoms with Gasteiger partial charge in [-0.25, -0.2) is 0 Å². The molecule has 166 valence electrons. The van der Waals surface area contributed by atoms with Gasteiger partial charge in [-0.15, -0.1) is 0 Å². The van der Waals surface area contributed by atoms with E-state index in [1.54, 1.807) is 12.4 Å². The molecule has 7 heteroatoms. The van der Waals surface area contributed by atoms with Gasteiger partial charge >= 0.3 is 0 Å². The zero-order valence-electron chi connectivity index (χ0n) is 18.6. The summed E-state index contributed by atoms with van der Waals surface area (Å²) in [6.45, 7) is 6.83. The second kappa shape index (κ2) is 10.2. The summed E-state index contributed by atoms with van der Waals surface area (Å²) in [5, 5.41) is 2.90. The van der Waals surface area contributed by atoms with Crippen molar-refractivity contribution in [3.63, 3.8) is 0 Å². The predicted octanol–water partition coefficient (Wildman–Crippen LogP) is 2.65. The minimum absolute atomic E-state index is 0.134. The van der Waals surface area contributed by atoms with Crippen LogP contribution in [0.1, 0.15) is 47.4 Å². The van der Waals surface area contributed by atoms with Crippen molar-refractivity contribution in [1.82, 2.24) is 25.1 Å². The van der Waals surface area contributed by atoms with Gasteiger partial charge in [0, 0.05) is 30.9 Å². The van der Waals surface area contributed by atoms with Crippen molar-refractivity contribution in [3.05, 3.63) is 53.6 Å². The molecular weight excluding hydrogens is 390 g/mol. The van der Waals surface area contributed by atoms with Crippen LogP contribution in [0.25, 0.3) is 0 Å². The van der Waals surface area contributed by atoms with E-state index in [1.165, 1.54) is 25.9 Å². The Bertz CT molecular complexity index is 857. The van der Waals surface area contributed by atoms with E-state index in [0.29, 0.717) is 12.1 Å². The number of hydrogen-bond acceptors (Lipinski definition) is 6. The molecule has 2 saturated heterocycles.